The molecule has 8 heteroatoms. The lowest BCUT2D eigenvalue weighted by atomic mass is 9.47. The highest BCUT2D eigenvalue weighted by atomic mass is 19.1. The van der Waals surface area contributed by atoms with Crippen molar-refractivity contribution in [2.45, 2.75) is 67.5 Å². The Morgan fingerprint density at radius 2 is 2.14 bits per heavy atom. The van der Waals surface area contributed by atoms with Crippen molar-refractivity contribution in [3.05, 3.63) is 53.5 Å². The summed E-state index contributed by atoms with van der Waals surface area (Å²) in [4.78, 5) is 17.0. The number of hydrogen-bond acceptors (Lipinski definition) is 6. The molecule has 2 aliphatic heterocycles. The van der Waals surface area contributed by atoms with Crippen LogP contribution in [0.2, 0.25) is 0 Å². The van der Waals surface area contributed by atoms with Crippen LogP contribution in [0.15, 0.2) is 41.2 Å². The number of alkyl halides is 1. The van der Waals surface area contributed by atoms with E-state index in [1.165, 1.54) is 6.08 Å². The van der Waals surface area contributed by atoms with Crippen LogP contribution in [0.5, 0.6) is 11.5 Å². The van der Waals surface area contributed by atoms with Crippen molar-refractivity contribution < 1.29 is 28.6 Å². The number of phenols is 1. The zero-order valence-corrected chi connectivity index (χ0v) is 20.3. The largest absolute Gasteiger partial charge is 0.504 e. The normalized spacial score (nSPS) is 36.5. The number of benzene rings is 1. The molecule has 7 rings (SSSR count). The van der Waals surface area contributed by atoms with E-state index in [-0.39, 0.29) is 30.0 Å². The number of hydrogen-bond donors (Lipinski definition) is 2. The summed E-state index contributed by atoms with van der Waals surface area (Å²) in [5.74, 6) is 0.568. The number of likely N-dealkylation sites (tertiary alicyclic amines) is 1. The van der Waals surface area contributed by atoms with E-state index in [4.69, 9.17) is 9.15 Å². The van der Waals surface area contributed by atoms with Crippen LogP contribution in [0.25, 0.3) is 6.08 Å². The molecule has 5 aliphatic rings. The second-order valence-corrected chi connectivity index (χ2v) is 11.3. The number of carbonyl (C=O) groups is 1. The molecular weight excluding hydrogens is 463 g/mol. The van der Waals surface area contributed by atoms with Crippen LogP contribution < -0.4 is 4.74 Å². The van der Waals surface area contributed by atoms with Gasteiger partial charge in [-0.3, -0.25) is 9.69 Å². The third kappa shape index (κ3) is 2.83. The van der Waals surface area contributed by atoms with Crippen molar-refractivity contribution in [2.75, 3.05) is 20.1 Å². The second-order valence-electron chi connectivity index (χ2n) is 11.3. The summed E-state index contributed by atoms with van der Waals surface area (Å²) >= 11 is 0. The van der Waals surface area contributed by atoms with E-state index in [0.717, 1.165) is 30.5 Å². The molecule has 2 saturated carbocycles. The summed E-state index contributed by atoms with van der Waals surface area (Å²) in [5.41, 5.74) is -0.356. The summed E-state index contributed by atoms with van der Waals surface area (Å²) in [7, 11) is 1.70. The van der Waals surface area contributed by atoms with E-state index in [9.17, 15) is 15.0 Å². The predicted octanol–water partition coefficient (Wildman–Crippen LogP) is 3.04. The molecule has 1 unspecified atom stereocenters. The highest BCUT2D eigenvalue weighted by Gasteiger charge is 2.77. The Kier molecular flexibility index (Phi) is 4.71. The van der Waals surface area contributed by atoms with Crippen molar-refractivity contribution in [3.63, 3.8) is 0 Å². The second kappa shape index (κ2) is 7.59. The summed E-state index contributed by atoms with van der Waals surface area (Å²) in [5, 5.41) is 23.2. The fourth-order valence-corrected chi connectivity index (χ4v) is 7.67. The molecule has 2 bridgehead atoms. The molecule has 2 aromatic rings. The fraction of sp³-hybridized carbons (Fsp3) is 0.536. The topological polar surface area (TPSA) is 86.4 Å². The van der Waals surface area contributed by atoms with Gasteiger partial charge in [-0.1, -0.05) is 6.07 Å². The van der Waals surface area contributed by atoms with Crippen LogP contribution in [0.4, 0.5) is 4.39 Å². The number of piperidine rings is 1. The van der Waals surface area contributed by atoms with Crippen molar-refractivity contribution in [1.82, 2.24) is 9.80 Å². The molecule has 2 N–H and O–H groups in total. The third-order valence-electron chi connectivity index (χ3n) is 9.51. The van der Waals surface area contributed by atoms with E-state index < -0.39 is 29.3 Å². The number of carbonyl (C=O) groups excluding carboxylic acids is 1. The molecule has 190 valence electrons. The van der Waals surface area contributed by atoms with Gasteiger partial charge in [0.25, 0.3) is 0 Å². The van der Waals surface area contributed by atoms with E-state index in [1.807, 2.05) is 6.07 Å². The van der Waals surface area contributed by atoms with E-state index in [1.54, 1.807) is 42.7 Å². The molecule has 7 nitrogen and oxygen atoms in total. The van der Waals surface area contributed by atoms with Crippen LogP contribution in [0.3, 0.4) is 0 Å². The molecule has 0 radical (unpaired) electrons. The standard InChI is InChI=1S/C28H31FN2O5/c1-30(23(33)7-4-17-9-11-35-15-17)19-8-10-27(34)22-12-18-5-6-20(32)25-24(18)28(27,26(19)36-25)21(29)14-31(22)13-16-2-3-16/h4-7,9,11,15-16,19,21-22,26,32,34H,2-3,8,10,12-14H2,1H3/b7-4+/t19-,21-,22?,26+,27-,28+/m1/s1. The van der Waals surface area contributed by atoms with Crippen LogP contribution in [-0.2, 0) is 16.6 Å². The van der Waals surface area contributed by atoms with E-state index in [2.05, 4.69) is 4.90 Å². The summed E-state index contributed by atoms with van der Waals surface area (Å²) in [6, 6.07) is 4.54. The zero-order chi connectivity index (χ0) is 24.8. The average Bonchev–Trinajstić information content (AvgIpc) is 3.36. The van der Waals surface area contributed by atoms with Gasteiger partial charge in [0.05, 0.1) is 24.2 Å². The molecule has 6 atom stereocenters. The average molecular weight is 495 g/mol. The van der Waals surface area contributed by atoms with Crippen LogP contribution in [-0.4, -0.2) is 76.0 Å². The maximum atomic E-state index is 16.7. The first kappa shape index (κ1) is 22.4. The minimum atomic E-state index is -1.39. The smallest absolute Gasteiger partial charge is 0.246 e. The lowest BCUT2D eigenvalue weighted by Gasteiger charge is -2.65. The number of aliphatic hydroxyl groups is 1. The van der Waals surface area contributed by atoms with Crippen molar-refractivity contribution in [2.24, 2.45) is 5.92 Å². The number of furan rings is 1. The van der Waals surface area contributed by atoms with Gasteiger partial charge in [-0.15, -0.1) is 0 Å². The molecule has 3 heterocycles. The molecule has 3 fully saturated rings. The fourth-order valence-electron chi connectivity index (χ4n) is 7.67. The maximum Gasteiger partial charge on any atom is 0.246 e. The van der Waals surface area contributed by atoms with Crippen LogP contribution in [0, 0.1) is 5.92 Å². The Balaban J connectivity index is 1.31. The number of rotatable bonds is 5. The number of halogens is 1. The van der Waals surface area contributed by atoms with Gasteiger partial charge in [-0.25, -0.2) is 4.39 Å². The lowest BCUT2D eigenvalue weighted by molar-refractivity contribution is -0.223. The Hall–Kier alpha value is -2.84. The van der Waals surface area contributed by atoms with Crippen molar-refractivity contribution in [1.29, 1.82) is 0 Å². The Morgan fingerprint density at radius 3 is 2.89 bits per heavy atom. The van der Waals surface area contributed by atoms with Gasteiger partial charge in [0, 0.05) is 43.4 Å². The van der Waals surface area contributed by atoms with Gasteiger partial charge in [0.15, 0.2) is 11.5 Å². The molecular formula is C28H31FN2O5. The minimum Gasteiger partial charge on any atom is -0.504 e. The minimum absolute atomic E-state index is 0.0430. The maximum absolute atomic E-state index is 16.7. The van der Waals surface area contributed by atoms with Crippen LogP contribution >= 0.6 is 0 Å². The summed E-state index contributed by atoms with van der Waals surface area (Å²) in [6.45, 7) is 1.03. The van der Waals surface area contributed by atoms with Crippen molar-refractivity contribution >= 4 is 12.0 Å². The zero-order valence-electron chi connectivity index (χ0n) is 20.3. The lowest BCUT2D eigenvalue weighted by Crippen LogP contribution is -2.82. The van der Waals surface area contributed by atoms with Crippen LogP contribution in [0.1, 0.15) is 42.4 Å². The summed E-state index contributed by atoms with van der Waals surface area (Å²) < 4.78 is 28.2. The number of amides is 1. The SMILES string of the molecule is CN(C(=O)/C=C/c1ccoc1)[C@@H]1CC[C@@]2(O)C3Cc4ccc(O)c5c4[C@@]2([C@H](F)CN3CC2CC2)[C@H]1O5. The van der Waals surface area contributed by atoms with Gasteiger partial charge < -0.3 is 24.3 Å². The number of ether oxygens (including phenoxy) is 1. The number of aromatic hydroxyl groups is 1. The third-order valence-corrected chi connectivity index (χ3v) is 9.51. The van der Waals surface area contributed by atoms with E-state index >= 15 is 4.39 Å². The quantitative estimate of drug-likeness (QED) is 0.622. The van der Waals surface area contributed by atoms with Gasteiger partial charge >= 0.3 is 0 Å². The Bertz CT molecular complexity index is 1240. The molecule has 1 aromatic heterocycles. The molecule has 1 saturated heterocycles. The molecule has 1 aromatic carbocycles. The Morgan fingerprint density at radius 1 is 1.31 bits per heavy atom. The molecule has 36 heavy (non-hydrogen) atoms. The molecule has 1 spiro atoms. The molecule has 3 aliphatic carbocycles. The van der Waals surface area contributed by atoms with Gasteiger partial charge in [-0.2, -0.15) is 0 Å². The van der Waals surface area contributed by atoms with Gasteiger partial charge in [0.1, 0.15) is 17.7 Å². The molecule has 1 amide bonds. The Labute approximate surface area is 209 Å². The van der Waals surface area contributed by atoms with Crippen molar-refractivity contribution in [3.8, 4) is 11.5 Å². The summed E-state index contributed by atoms with van der Waals surface area (Å²) in [6.07, 6.45) is 7.82. The van der Waals surface area contributed by atoms with Gasteiger partial charge in [-0.05, 0) is 61.8 Å². The first-order valence-corrected chi connectivity index (χ1v) is 12.9. The highest BCUT2D eigenvalue weighted by molar-refractivity contribution is 5.92. The number of likely N-dealkylation sites (N-methyl/N-ethyl adjacent to an activating group) is 1. The first-order chi connectivity index (χ1) is 17.3. The van der Waals surface area contributed by atoms with E-state index in [0.29, 0.717) is 30.7 Å². The number of phenolic OH excluding ortho intramolecular Hbond substituents is 1. The number of nitrogens with zero attached hydrogens (tertiary/aromatic N) is 2. The predicted molar refractivity (Wildman–Crippen MR) is 129 cm³/mol. The monoisotopic (exact) mass is 494 g/mol. The first-order valence-electron chi connectivity index (χ1n) is 12.9. The van der Waals surface area contributed by atoms with Gasteiger partial charge in [0.2, 0.25) is 5.91 Å². The highest BCUT2D eigenvalue weighted by Crippen LogP contribution is 2.66.